The fourth-order valence-electron chi connectivity index (χ4n) is 1.36. The molecular formula is C10H8Cl2OS2. The summed E-state index contributed by atoms with van der Waals surface area (Å²) in [6.45, 7) is 1.97. The Morgan fingerprint density at radius 1 is 1.27 bits per heavy atom. The number of rotatable bonds is 2. The molecule has 0 bridgehead atoms. The van der Waals surface area contributed by atoms with Crippen LogP contribution in [-0.4, -0.2) is 5.11 Å². The van der Waals surface area contributed by atoms with Crippen molar-refractivity contribution in [2.45, 2.75) is 13.0 Å². The van der Waals surface area contributed by atoms with Gasteiger partial charge in [0, 0.05) is 5.56 Å². The summed E-state index contributed by atoms with van der Waals surface area (Å²) in [5, 5.41) is 14.1. The second-order valence-corrected chi connectivity index (χ2v) is 6.22. The largest absolute Gasteiger partial charge is 0.384 e. The first-order valence-electron chi connectivity index (χ1n) is 4.25. The monoisotopic (exact) mass is 278 g/mol. The highest BCUT2D eigenvalue weighted by Gasteiger charge is 2.18. The lowest BCUT2D eigenvalue weighted by Gasteiger charge is -2.09. The molecule has 0 aliphatic heterocycles. The molecule has 1 nitrogen and oxygen atoms in total. The van der Waals surface area contributed by atoms with E-state index in [1.807, 2.05) is 17.7 Å². The first kappa shape index (κ1) is 11.4. The van der Waals surface area contributed by atoms with Crippen molar-refractivity contribution >= 4 is 45.9 Å². The third-order valence-corrected chi connectivity index (χ3v) is 4.57. The lowest BCUT2D eigenvalue weighted by atomic mass is 10.0. The number of halogens is 2. The van der Waals surface area contributed by atoms with Crippen molar-refractivity contribution < 1.29 is 5.11 Å². The van der Waals surface area contributed by atoms with E-state index in [0.717, 1.165) is 11.1 Å². The number of thiophene rings is 2. The molecule has 2 heterocycles. The minimum atomic E-state index is -0.674. The maximum atomic E-state index is 10.1. The first-order chi connectivity index (χ1) is 7.09. The Balaban J connectivity index is 2.40. The van der Waals surface area contributed by atoms with E-state index in [9.17, 15) is 5.11 Å². The normalized spacial score (nSPS) is 13.1. The van der Waals surface area contributed by atoms with Gasteiger partial charge in [-0.3, -0.25) is 0 Å². The average Bonchev–Trinajstić information content (AvgIpc) is 2.71. The van der Waals surface area contributed by atoms with E-state index >= 15 is 0 Å². The van der Waals surface area contributed by atoms with Gasteiger partial charge in [0.15, 0.2) is 0 Å². The molecule has 2 rings (SSSR count). The predicted octanol–water partition coefficient (Wildman–Crippen LogP) is 4.51. The van der Waals surface area contributed by atoms with Gasteiger partial charge in [0.25, 0.3) is 0 Å². The predicted molar refractivity (Wildman–Crippen MR) is 67.5 cm³/mol. The summed E-state index contributed by atoms with van der Waals surface area (Å²) in [5.74, 6) is 0. The number of aryl methyl sites for hydroxylation is 1. The van der Waals surface area contributed by atoms with Gasteiger partial charge in [-0.25, -0.2) is 0 Å². The van der Waals surface area contributed by atoms with E-state index in [4.69, 9.17) is 23.2 Å². The van der Waals surface area contributed by atoms with E-state index in [1.54, 1.807) is 17.4 Å². The number of aliphatic hydroxyl groups excluding tert-OH is 1. The first-order valence-corrected chi connectivity index (χ1v) is 6.76. The molecule has 0 aliphatic rings. The van der Waals surface area contributed by atoms with Gasteiger partial charge in [0.1, 0.15) is 10.4 Å². The van der Waals surface area contributed by atoms with Gasteiger partial charge < -0.3 is 5.11 Å². The summed E-state index contributed by atoms with van der Waals surface area (Å²) in [4.78, 5) is 0. The topological polar surface area (TPSA) is 20.2 Å². The molecule has 1 N–H and O–H groups in total. The molecule has 0 saturated carbocycles. The molecule has 0 amide bonds. The van der Waals surface area contributed by atoms with Crippen LogP contribution in [0.25, 0.3) is 0 Å². The lowest BCUT2D eigenvalue weighted by molar-refractivity contribution is 0.220. The van der Waals surface area contributed by atoms with Gasteiger partial charge >= 0.3 is 0 Å². The minimum Gasteiger partial charge on any atom is -0.384 e. The zero-order valence-electron chi connectivity index (χ0n) is 7.83. The molecule has 1 unspecified atom stereocenters. The molecule has 0 aliphatic carbocycles. The highest BCUT2D eigenvalue weighted by molar-refractivity contribution is 7.20. The maximum Gasteiger partial charge on any atom is 0.107 e. The fraction of sp³-hybridized carbons (Fsp3) is 0.200. The van der Waals surface area contributed by atoms with Gasteiger partial charge in [-0.2, -0.15) is 11.3 Å². The molecule has 0 spiro atoms. The summed E-state index contributed by atoms with van der Waals surface area (Å²) in [7, 11) is 0. The van der Waals surface area contributed by atoms with Gasteiger partial charge in [-0.05, 0) is 34.9 Å². The van der Waals surface area contributed by atoms with Crippen LogP contribution in [0.5, 0.6) is 0 Å². The van der Waals surface area contributed by atoms with Crippen molar-refractivity contribution in [3.05, 3.63) is 42.2 Å². The molecular weight excluding hydrogens is 271 g/mol. The molecule has 80 valence electrons. The Labute approximate surface area is 106 Å². The average molecular weight is 279 g/mol. The van der Waals surface area contributed by atoms with Crippen LogP contribution in [0.4, 0.5) is 0 Å². The van der Waals surface area contributed by atoms with E-state index < -0.39 is 6.10 Å². The lowest BCUT2D eigenvalue weighted by Crippen LogP contribution is -1.98. The summed E-state index contributed by atoms with van der Waals surface area (Å²) in [6.07, 6.45) is -0.674. The van der Waals surface area contributed by atoms with Crippen LogP contribution in [0.3, 0.4) is 0 Å². The van der Waals surface area contributed by atoms with Crippen LogP contribution in [0.2, 0.25) is 8.67 Å². The standard InChI is InChI=1S/C10H8Cl2OS2/c1-5-3-14-4-7(5)9(13)6-2-8(11)15-10(6)12/h2-4,9,13H,1H3. The summed E-state index contributed by atoms with van der Waals surface area (Å²) in [5.41, 5.74) is 2.66. The zero-order chi connectivity index (χ0) is 11.0. The van der Waals surface area contributed by atoms with Crippen molar-refractivity contribution in [3.8, 4) is 0 Å². The zero-order valence-corrected chi connectivity index (χ0v) is 11.0. The third kappa shape index (κ3) is 2.22. The van der Waals surface area contributed by atoms with Gasteiger partial charge in [0.05, 0.1) is 4.34 Å². The molecule has 5 heteroatoms. The Hall–Kier alpha value is -0.0600. The van der Waals surface area contributed by atoms with Gasteiger partial charge in [0.2, 0.25) is 0 Å². The summed E-state index contributed by atoms with van der Waals surface area (Å²) < 4.78 is 1.15. The van der Waals surface area contributed by atoms with Gasteiger partial charge in [-0.15, -0.1) is 11.3 Å². The Kier molecular flexibility index (Phi) is 3.38. The Morgan fingerprint density at radius 3 is 2.47 bits per heavy atom. The molecule has 0 saturated heterocycles. The Bertz CT molecular complexity index is 475. The fourth-order valence-corrected chi connectivity index (χ4v) is 3.75. The molecule has 0 aromatic carbocycles. The number of hydrogen-bond donors (Lipinski definition) is 1. The van der Waals surface area contributed by atoms with E-state index in [1.165, 1.54) is 11.3 Å². The summed E-state index contributed by atoms with van der Waals surface area (Å²) in [6, 6.07) is 1.72. The van der Waals surface area contributed by atoms with E-state index in [0.29, 0.717) is 14.2 Å². The quantitative estimate of drug-likeness (QED) is 0.857. The summed E-state index contributed by atoms with van der Waals surface area (Å²) >= 11 is 14.7. The molecule has 2 aromatic heterocycles. The van der Waals surface area contributed by atoms with E-state index in [2.05, 4.69) is 0 Å². The highest BCUT2D eigenvalue weighted by Crippen LogP contribution is 2.38. The second kappa shape index (κ2) is 4.44. The molecule has 0 fully saturated rings. The van der Waals surface area contributed by atoms with Crippen molar-refractivity contribution in [1.29, 1.82) is 0 Å². The van der Waals surface area contributed by atoms with Crippen LogP contribution in [0, 0.1) is 6.92 Å². The molecule has 0 radical (unpaired) electrons. The van der Waals surface area contributed by atoms with Crippen LogP contribution in [0.15, 0.2) is 16.8 Å². The van der Waals surface area contributed by atoms with Gasteiger partial charge in [-0.1, -0.05) is 23.2 Å². The van der Waals surface area contributed by atoms with Crippen molar-refractivity contribution in [2.75, 3.05) is 0 Å². The van der Waals surface area contributed by atoms with E-state index in [-0.39, 0.29) is 0 Å². The molecule has 1 atom stereocenters. The smallest absolute Gasteiger partial charge is 0.107 e. The minimum absolute atomic E-state index is 0.554. The van der Waals surface area contributed by atoms with Crippen molar-refractivity contribution in [3.63, 3.8) is 0 Å². The SMILES string of the molecule is Cc1cscc1C(O)c1cc(Cl)sc1Cl. The maximum absolute atomic E-state index is 10.1. The number of aliphatic hydroxyl groups is 1. The van der Waals surface area contributed by atoms with Crippen molar-refractivity contribution in [2.24, 2.45) is 0 Å². The van der Waals surface area contributed by atoms with Crippen LogP contribution in [-0.2, 0) is 0 Å². The third-order valence-electron chi connectivity index (χ3n) is 2.17. The Morgan fingerprint density at radius 2 is 2.00 bits per heavy atom. The van der Waals surface area contributed by atoms with Crippen LogP contribution in [0.1, 0.15) is 22.8 Å². The highest BCUT2D eigenvalue weighted by atomic mass is 35.5. The van der Waals surface area contributed by atoms with Crippen molar-refractivity contribution in [1.82, 2.24) is 0 Å². The van der Waals surface area contributed by atoms with Crippen LogP contribution < -0.4 is 0 Å². The molecule has 15 heavy (non-hydrogen) atoms. The number of hydrogen-bond acceptors (Lipinski definition) is 3. The molecule has 2 aromatic rings. The second-order valence-electron chi connectivity index (χ2n) is 3.19. The van der Waals surface area contributed by atoms with Crippen LogP contribution >= 0.6 is 45.9 Å².